The second kappa shape index (κ2) is 9.72. The highest BCUT2D eigenvalue weighted by Gasteiger charge is 2.47. The maximum absolute atomic E-state index is 13.3. The summed E-state index contributed by atoms with van der Waals surface area (Å²) in [6.07, 6.45) is -0.176. The van der Waals surface area contributed by atoms with Gasteiger partial charge < -0.3 is 19.7 Å². The summed E-state index contributed by atoms with van der Waals surface area (Å²) in [4.78, 5) is 38.9. The number of rotatable bonds is 7. The normalized spacial score (nSPS) is 16.9. The smallest absolute Gasteiger partial charge is 0.307 e. The number of aliphatic hydroxyl groups is 1. The minimum absolute atomic E-state index is 0.0950. The van der Waals surface area contributed by atoms with E-state index in [0.29, 0.717) is 33.9 Å². The molecule has 35 heavy (non-hydrogen) atoms. The zero-order valence-corrected chi connectivity index (χ0v) is 19.1. The first kappa shape index (κ1) is 23.6. The summed E-state index contributed by atoms with van der Waals surface area (Å²) in [6, 6.07) is 18.8. The molecule has 1 atom stereocenters. The first-order valence-electron chi connectivity index (χ1n) is 10.7. The van der Waals surface area contributed by atoms with Crippen LogP contribution in [0, 0.1) is 0 Å². The summed E-state index contributed by atoms with van der Waals surface area (Å²) in [5, 5.41) is 20.3. The molecule has 1 heterocycles. The van der Waals surface area contributed by atoms with Crippen molar-refractivity contribution >= 4 is 29.1 Å². The van der Waals surface area contributed by atoms with Crippen LogP contribution < -0.4 is 14.4 Å². The van der Waals surface area contributed by atoms with Gasteiger partial charge >= 0.3 is 5.97 Å². The fraction of sp³-hybridized carbons (Fsp3) is 0.148. The minimum Gasteiger partial charge on any atom is -0.507 e. The van der Waals surface area contributed by atoms with Crippen molar-refractivity contribution in [2.24, 2.45) is 0 Å². The fourth-order valence-corrected chi connectivity index (χ4v) is 4.16. The summed E-state index contributed by atoms with van der Waals surface area (Å²) in [5.74, 6) is -2.09. The molecule has 0 radical (unpaired) electrons. The zero-order valence-electron chi connectivity index (χ0n) is 19.1. The van der Waals surface area contributed by atoms with Crippen molar-refractivity contribution in [3.05, 3.63) is 95.1 Å². The summed E-state index contributed by atoms with van der Waals surface area (Å²) in [5.41, 5.74) is 1.65. The van der Waals surface area contributed by atoms with E-state index in [2.05, 4.69) is 0 Å². The molecule has 0 bridgehead atoms. The van der Waals surface area contributed by atoms with Crippen molar-refractivity contribution in [3.63, 3.8) is 0 Å². The summed E-state index contributed by atoms with van der Waals surface area (Å²) < 4.78 is 10.7. The van der Waals surface area contributed by atoms with E-state index < -0.39 is 23.7 Å². The number of ether oxygens (including phenoxy) is 2. The molecule has 1 fully saturated rings. The monoisotopic (exact) mass is 473 g/mol. The number of carbonyl (C=O) groups is 3. The van der Waals surface area contributed by atoms with Gasteiger partial charge in [0.1, 0.15) is 17.3 Å². The molecule has 0 aliphatic carbocycles. The van der Waals surface area contributed by atoms with Crippen molar-refractivity contribution < 1.29 is 34.1 Å². The largest absolute Gasteiger partial charge is 0.507 e. The molecule has 2 N–H and O–H groups in total. The van der Waals surface area contributed by atoms with E-state index >= 15 is 0 Å². The van der Waals surface area contributed by atoms with E-state index in [-0.39, 0.29) is 17.8 Å². The Kier molecular flexibility index (Phi) is 6.55. The van der Waals surface area contributed by atoms with Crippen LogP contribution in [0.25, 0.3) is 5.76 Å². The number of Topliss-reactive ketones (excluding diaryl/α,β-unsaturated/α-hetero) is 1. The van der Waals surface area contributed by atoms with Crippen LogP contribution in [0.3, 0.4) is 0 Å². The molecule has 4 rings (SSSR count). The van der Waals surface area contributed by atoms with Crippen molar-refractivity contribution in [2.45, 2.75) is 12.5 Å². The summed E-state index contributed by atoms with van der Waals surface area (Å²) in [7, 11) is 2.97. The van der Waals surface area contributed by atoms with E-state index in [9.17, 15) is 19.5 Å². The van der Waals surface area contributed by atoms with Crippen LogP contribution >= 0.6 is 0 Å². The molecular weight excluding hydrogens is 450 g/mol. The van der Waals surface area contributed by atoms with Crippen LogP contribution in [0.15, 0.2) is 78.4 Å². The van der Waals surface area contributed by atoms with Gasteiger partial charge in [0.2, 0.25) is 0 Å². The zero-order chi connectivity index (χ0) is 25.1. The summed E-state index contributed by atoms with van der Waals surface area (Å²) in [6.45, 7) is 0. The van der Waals surface area contributed by atoms with Gasteiger partial charge in [-0.15, -0.1) is 0 Å². The number of carboxylic acid groups (broad SMARTS) is 1. The number of benzene rings is 3. The number of ketones is 1. The molecule has 1 aliphatic rings. The van der Waals surface area contributed by atoms with E-state index in [0.717, 1.165) is 0 Å². The Hall–Kier alpha value is -4.59. The Balaban J connectivity index is 1.92. The second-order valence-corrected chi connectivity index (χ2v) is 7.88. The highest BCUT2D eigenvalue weighted by atomic mass is 16.5. The lowest BCUT2D eigenvalue weighted by molar-refractivity contribution is -0.136. The Bertz CT molecular complexity index is 1330. The molecule has 1 amide bonds. The predicted octanol–water partition coefficient (Wildman–Crippen LogP) is 3.96. The standard InChI is InChI=1S/C27H23NO7/c1-34-19-7-5-6-17(15-19)25(31)23-24(20-8-3-4-9-21(20)35-2)28(27(33)26(23)32)18-12-10-16(11-13-18)14-22(29)30/h3-13,15,24,31H,14H2,1-2H3,(H,29,30)/b25-23-. The molecule has 0 spiro atoms. The van der Waals surface area contributed by atoms with Crippen LogP contribution in [0.4, 0.5) is 5.69 Å². The molecule has 8 heteroatoms. The Labute approximate surface area is 201 Å². The number of aliphatic hydroxyl groups excluding tert-OH is 1. The van der Waals surface area contributed by atoms with Gasteiger partial charge in [0.25, 0.3) is 11.7 Å². The molecule has 1 saturated heterocycles. The molecule has 0 aromatic heterocycles. The SMILES string of the molecule is COc1cccc(/C(O)=C2/C(=O)C(=O)N(c3ccc(CC(=O)O)cc3)C2c2ccccc2OC)c1. The topological polar surface area (TPSA) is 113 Å². The van der Waals surface area contributed by atoms with Gasteiger partial charge in [0.15, 0.2) is 0 Å². The van der Waals surface area contributed by atoms with Gasteiger partial charge in [-0.1, -0.05) is 42.5 Å². The number of nitrogens with zero attached hydrogens (tertiary/aromatic N) is 1. The highest BCUT2D eigenvalue weighted by molar-refractivity contribution is 6.51. The van der Waals surface area contributed by atoms with E-state index in [1.807, 2.05) is 0 Å². The fourth-order valence-electron chi connectivity index (χ4n) is 4.16. The molecule has 1 aliphatic heterocycles. The van der Waals surface area contributed by atoms with Crippen molar-refractivity contribution in [2.75, 3.05) is 19.1 Å². The Morgan fingerprint density at radius 3 is 2.29 bits per heavy atom. The molecule has 178 valence electrons. The van der Waals surface area contributed by atoms with E-state index in [4.69, 9.17) is 14.6 Å². The van der Waals surface area contributed by atoms with E-state index in [1.54, 1.807) is 72.8 Å². The number of methoxy groups -OCH3 is 2. The molecule has 1 unspecified atom stereocenters. The van der Waals surface area contributed by atoms with Gasteiger partial charge in [-0.25, -0.2) is 0 Å². The van der Waals surface area contributed by atoms with Crippen LogP contribution in [-0.2, 0) is 20.8 Å². The lowest BCUT2D eigenvalue weighted by atomic mass is 9.94. The number of carbonyl (C=O) groups excluding carboxylic acids is 2. The third-order valence-electron chi connectivity index (χ3n) is 5.79. The first-order valence-corrected chi connectivity index (χ1v) is 10.7. The van der Waals surface area contributed by atoms with Crippen molar-refractivity contribution in [1.82, 2.24) is 0 Å². The van der Waals surface area contributed by atoms with Crippen LogP contribution in [-0.4, -0.2) is 42.1 Å². The lowest BCUT2D eigenvalue weighted by Gasteiger charge is -2.26. The second-order valence-electron chi connectivity index (χ2n) is 7.88. The van der Waals surface area contributed by atoms with Crippen LogP contribution in [0.5, 0.6) is 11.5 Å². The van der Waals surface area contributed by atoms with Gasteiger partial charge in [-0.05, 0) is 35.9 Å². The number of hydrogen-bond donors (Lipinski definition) is 2. The number of amides is 1. The lowest BCUT2D eigenvalue weighted by Crippen LogP contribution is -2.29. The molecule has 3 aromatic carbocycles. The third-order valence-corrected chi connectivity index (χ3v) is 5.79. The molecular formula is C27H23NO7. The summed E-state index contributed by atoms with van der Waals surface area (Å²) >= 11 is 0. The average Bonchev–Trinajstić information content (AvgIpc) is 3.13. The van der Waals surface area contributed by atoms with Gasteiger partial charge in [-0.2, -0.15) is 0 Å². The van der Waals surface area contributed by atoms with Gasteiger partial charge in [0, 0.05) is 16.8 Å². The van der Waals surface area contributed by atoms with Crippen LogP contribution in [0.2, 0.25) is 0 Å². The van der Waals surface area contributed by atoms with Gasteiger partial charge in [0.05, 0.1) is 32.3 Å². The number of hydrogen-bond acceptors (Lipinski definition) is 6. The van der Waals surface area contributed by atoms with Crippen molar-refractivity contribution in [3.8, 4) is 11.5 Å². The number of aliphatic carboxylic acids is 1. The first-order chi connectivity index (χ1) is 16.8. The molecule has 0 saturated carbocycles. The Morgan fingerprint density at radius 1 is 0.914 bits per heavy atom. The Morgan fingerprint density at radius 2 is 1.63 bits per heavy atom. The minimum atomic E-state index is -0.984. The molecule has 8 nitrogen and oxygen atoms in total. The van der Waals surface area contributed by atoms with Crippen molar-refractivity contribution in [1.29, 1.82) is 0 Å². The number of carboxylic acids is 1. The van der Waals surface area contributed by atoms with Crippen LogP contribution in [0.1, 0.15) is 22.7 Å². The number of anilines is 1. The highest BCUT2D eigenvalue weighted by Crippen LogP contribution is 2.45. The quantitative estimate of drug-likeness (QED) is 0.303. The average molecular weight is 473 g/mol. The molecule has 3 aromatic rings. The number of para-hydroxylation sites is 1. The van der Waals surface area contributed by atoms with Gasteiger partial charge in [-0.3, -0.25) is 19.3 Å². The maximum Gasteiger partial charge on any atom is 0.307 e. The predicted molar refractivity (Wildman–Crippen MR) is 129 cm³/mol. The maximum atomic E-state index is 13.3. The third kappa shape index (κ3) is 4.46. The van der Waals surface area contributed by atoms with E-state index in [1.165, 1.54) is 19.1 Å².